The van der Waals surface area contributed by atoms with Gasteiger partial charge in [0.15, 0.2) is 0 Å². The highest BCUT2D eigenvalue weighted by molar-refractivity contribution is 9.10. The van der Waals surface area contributed by atoms with Crippen LogP contribution in [0, 0.1) is 6.92 Å². The minimum absolute atomic E-state index is 0.238. The van der Waals surface area contributed by atoms with E-state index in [0.717, 1.165) is 20.8 Å². The number of carbonyl (C=O) groups is 2. The summed E-state index contributed by atoms with van der Waals surface area (Å²) in [6.07, 6.45) is 0.766. The number of thiazole rings is 1. The summed E-state index contributed by atoms with van der Waals surface area (Å²) in [4.78, 5) is 29.3. The van der Waals surface area contributed by atoms with Gasteiger partial charge in [0.05, 0.1) is 16.8 Å². The number of rotatable bonds is 7. The Bertz CT molecular complexity index is 992. The second kappa shape index (κ2) is 10.2. The van der Waals surface area contributed by atoms with Crippen LogP contribution in [-0.4, -0.2) is 23.4 Å². The van der Waals surface area contributed by atoms with E-state index in [2.05, 4.69) is 31.8 Å². The third-order valence-electron chi connectivity index (χ3n) is 3.98. The normalized spacial score (nSPS) is 10.4. The molecule has 0 spiro atoms. The average Bonchev–Trinajstić information content (AvgIpc) is 3.13. The first kappa shape index (κ1) is 21.0. The number of amides is 2. The zero-order valence-corrected chi connectivity index (χ0v) is 18.2. The molecule has 1 aromatic heterocycles. The van der Waals surface area contributed by atoms with Crippen LogP contribution in [0.15, 0.2) is 59.1 Å². The summed E-state index contributed by atoms with van der Waals surface area (Å²) in [7, 11) is 0. The number of nitrogens with one attached hydrogen (secondary N) is 2. The molecule has 29 heavy (non-hydrogen) atoms. The zero-order chi connectivity index (χ0) is 20.6. The van der Waals surface area contributed by atoms with Crippen molar-refractivity contribution in [2.75, 3.05) is 6.61 Å². The first-order valence-electron chi connectivity index (χ1n) is 9.04. The lowest BCUT2D eigenvalue weighted by molar-refractivity contribution is -0.122. The van der Waals surface area contributed by atoms with Gasteiger partial charge in [-0.3, -0.25) is 20.4 Å². The molecule has 0 aliphatic rings. The van der Waals surface area contributed by atoms with Crippen molar-refractivity contribution in [2.45, 2.75) is 19.8 Å². The lowest BCUT2D eigenvalue weighted by Crippen LogP contribution is -2.41. The summed E-state index contributed by atoms with van der Waals surface area (Å²) in [6.45, 7) is 2.18. The summed E-state index contributed by atoms with van der Waals surface area (Å²) in [6, 6.07) is 17.2. The highest BCUT2D eigenvalue weighted by atomic mass is 79.9. The molecular formula is C21H20BrN3O3S. The maximum Gasteiger partial charge on any atom is 0.281 e. The van der Waals surface area contributed by atoms with Gasteiger partial charge in [-0.2, -0.15) is 0 Å². The van der Waals surface area contributed by atoms with Crippen molar-refractivity contribution in [3.63, 3.8) is 0 Å². The van der Waals surface area contributed by atoms with Gasteiger partial charge in [0.1, 0.15) is 15.6 Å². The number of halogens is 1. The highest BCUT2D eigenvalue weighted by Crippen LogP contribution is 2.27. The first-order valence-corrected chi connectivity index (χ1v) is 10.6. The molecular weight excluding hydrogens is 454 g/mol. The molecule has 150 valence electrons. The molecule has 0 radical (unpaired) electrons. The molecule has 0 atom stereocenters. The van der Waals surface area contributed by atoms with E-state index in [4.69, 9.17) is 4.74 Å². The van der Waals surface area contributed by atoms with Crippen LogP contribution in [-0.2, 0) is 4.79 Å². The van der Waals surface area contributed by atoms with E-state index in [9.17, 15) is 9.59 Å². The molecule has 0 aliphatic carbocycles. The Morgan fingerprint density at radius 2 is 1.79 bits per heavy atom. The van der Waals surface area contributed by atoms with Gasteiger partial charge in [0.25, 0.3) is 5.91 Å². The number of hydrogen-bond acceptors (Lipinski definition) is 5. The van der Waals surface area contributed by atoms with Crippen LogP contribution in [0.2, 0.25) is 0 Å². The molecule has 0 unspecified atom stereocenters. The fraction of sp³-hybridized carbons (Fsp3) is 0.190. The van der Waals surface area contributed by atoms with Gasteiger partial charge in [-0.15, -0.1) is 11.3 Å². The van der Waals surface area contributed by atoms with Crippen LogP contribution in [0.5, 0.6) is 5.75 Å². The molecule has 2 N–H and O–H groups in total. The van der Waals surface area contributed by atoms with Crippen molar-refractivity contribution in [1.82, 2.24) is 15.8 Å². The van der Waals surface area contributed by atoms with Crippen LogP contribution < -0.4 is 15.6 Å². The fourth-order valence-corrected chi connectivity index (χ4v) is 3.90. The average molecular weight is 474 g/mol. The van der Waals surface area contributed by atoms with E-state index < -0.39 is 0 Å². The Morgan fingerprint density at radius 1 is 1.07 bits per heavy atom. The van der Waals surface area contributed by atoms with Crippen LogP contribution >= 0.6 is 27.3 Å². The molecule has 6 nitrogen and oxygen atoms in total. The molecule has 3 aromatic rings. The molecule has 1 heterocycles. The van der Waals surface area contributed by atoms with Crippen molar-refractivity contribution in [2.24, 2.45) is 0 Å². The van der Waals surface area contributed by atoms with Gasteiger partial charge in [-0.25, -0.2) is 4.98 Å². The lowest BCUT2D eigenvalue weighted by atomic mass is 10.2. The Morgan fingerprint density at radius 3 is 2.55 bits per heavy atom. The van der Waals surface area contributed by atoms with E-state index in [1.165, 1.54) is 11.3 Å². The summed E-state index contributed by atoms with van der Waals surface area (Å²) < 4.78 is 6.49. The maximum atomic E-state index is 12.4. The number of hydrogen-bond donors (Lipinski definition) is 2. The number of aromatic nitrogens is 1. The Labute approximate surface area is 181 Å². The van der Waals surface area contributed by atoms with Gasteiger partial charge in [0, 0.05) is 12.0 Å². The third-order valence-corrected chi connectivity index (χ3v) is 5.84. The predicted octanol–water partition coefficient (Wildman–Crippen LogP) is 4.50. The first-order chi connectivity index (χ1) is 14.0. The SMILES string of the molecule is Cc1nc(-c2ccccc2)sc1C(=O)NNC(=O)CCCOc1ccccc1Br. The highest BCUT2D eigenvalue weighted by Gasteiger charge is 2.16. The number of ether oxygens (including phenoxy) is 1. The van der Waals surface area contributed by atoms with Crippen LogP contribution in [0.25, 0.3) is 10.6 Å². The molecule has 0 saturated carbocycles. The smallest absolute Gasteiger partial charge is 0.281 e. The molecule has 0 fully saturated rings. The Hall–Kier alpha value is -2.71. The standard InChI is InChI=1S/C21H20BrN3O3S/c1-14-19(29-21(23-14)15-8-3-2-4-9-15)20(27)25-24-18(26)12-7-13-28-17-11-6-5-10-16(17)22/h2-6,8-11H,7,12-13H2,1H3,(H,24,26)(H,25,27). The molecule has 2 aromatic carbocycles. The largest absolute Gasteiger partial charge is 0.492 e. The van der Waals surface area contributed by atoms with Crippen LogP contribution in [0.4, 0.5) is 0 Å². The minimum atomic E-state index is -0.375. The number of nitrogens with zero attached hydrogens (tertiary/aromatic N) is 1. The van der Waals surface area contributed by atoms with Crippen molar-refractivity contribution in [3.8, 4) is 16.3 Å². The summed E-state index contributed by atoms with van der Waals surface area (Å²) >= 11 is 4.70. The minimum Gasteiger partial charge on any atom is -0.492 e. The van der Waals surface area contributed by atoms with E-state index in [1.54, 1.807) is 6.92 Å². The fourth-order valence-electron chi connectivity index (χ4n) is 2.53. The van der Waals surface area contributed by atoms with Gasteiger partial charge in [0.2, 0.25) is 5.91 Å². The predicted molar refractivity (Wildman–Crippen MR) is 117 cm³/mol. The maximum absolute atomic E-state index is 12.4. The van der Waals surface area contributed by atoms with Crippen LogP contribution in [0.3, 0.4) is 0 Å². The van der Waals surface area contributed by atoms with E-state index in [0.29, 0.717) is 23.6 Å². The summed E-state index contributed by atoms with van der Waals surface area (Å²) in [5.41, 5.74) is 6.48. The van der Waals surface area contributed by atoms with Gasteiger partial charge in [-0.1, -0.05) is 42.5 Å². The van der Waals surface area contributed by atoms with Crippen molar-refractivity contribution in [1.29, 1.82) is 0 Å². The molecule has 0 saturated heterocycles. The van der Waals surface area contributed by atoms with E-state index >= 15 is 0 Å². The number of carbonyl (C=O) groups excluding carboxylic acids is 2. The summed E-state index contributed by atoms with van der Waals surface area (Å²) in [5.74, 6) is 0.0793. The lowest BCUT2D eigenvalue weighted by Gasteiger charge is -2.09. The molecule has 0 bridgehead atoms. The molecule has 8 heteroatoms. The van der Waals surface area contributed by atoms with E-state index in [1.807, 2.05) is 54.6 Å². The van der Waals surface area contributed by atoms with Crippen LogP contribution in [0.1, 0.15) is 28.2 Å². The second-order valence-corrected chi connectivity index (χ2v) is 8.04. The number of hydrazine groups is 1. The van der Waals surface area contributed by atoms with Crippen molar-refractivity contribution < 1.29 is 14.3 Å². The van der Waals surface area contributed by atoms with Gasteiger partial charge < -0.3 is 4.74 Å². The van der Waals surface area contributed by atoms with E-state index in [-0.39, 0.29) is 18.2 Å². The number of para-hydroxylation sites is 1. The summed E-state index contributed by atoms with van der Waals surface area (Å²) in [5, 5.41) is 0.767. The van der Waals surface area contributed by atoms with Gasteiger partial charge >= 0.3 is 0 Å². The Balaban J connectivity index is 1.44. The topological polar surface area (TPSA) is 80.3 Å². The monoisotopic (exact) mass is 473 g/mol. The third kappa shape index (κ3) is 5.88. The Kier molecular flexibility index (Phi) is 7.37. The molecule has 0 aliphatic heterocycles. The number of aryl methyl sites for hydroxylation is 1. The van der Waals surface area contributed by atoms with Crippen molar-refractivity contribution in [3.05, 3.63) is 69.6 Å². The molecule has 3 rings (SSSR count). The molecule has 2 amide bonds. The zero-order valence-electron chi connectivity index (χ0n) is 15.8. The number of benzene rings is 2. The van der Waals surface area contributed by atoms with Crippen molar-refractivity contribution >= 4 is 39.1 Å². The second-order valence-electron chi connectivity index (χ2n) is 6.18. The van der Waals surface area contributed by atoms with Gasteiger partial charge in [-0.05, 0) is 41.4 Å². The quantitative estimate of drug-likeness (QED) is 0.390.